The summed E-state index contributed by atoms with van der Waals surface area (Å²) < 4.78 is 82.4. The van der Waals surface area contributed by atoms with Crippen LogP contribution in [0.5, 0.6) is 0 Å². The van der Waals surface area contributed by atoms with Crippen molar-refractivity contribution in [1.82, 2.24) is 14.9 Å². The van der Waals surface area contributed by atoms with Gasteiger partial charge in [-0.05, 0) is 24.8 Å². The average Bonchev–Trinajstić information content (AvgIpc) is 3.23. The van der Waals surface area contributed by atoms with Crippen molar-refractivity contribution in [1.29, 1.82) is 0 Å². The highest BCUT2D eigenvalue weighted by atomic mass is 32.2. The molecule has 1 atom stereocenters. The molecule has 0 spiro atoms. The maximum Gasteiger partial charge on any atom is 0.471 e. The molecule has 0 saturated heterocycles. The number of nitrogens with one attached hydrogen (secondary N) is 1. The van der Waals surface area contributed by atoms with Crippen LogP contribution in [0.1, 0.15) is 43.2 Å². The molecule has 1 aromatic heterocycles. The van der Waals surface area contributed by atoms with Crippen molar-refractivity contribution in [2.45, 2.75) is 37.9 Å². The molecule has 1 N–H and O–H groups in total. The van der Waals surface area contributed by atoms with Gasteiger partial charge in [0.05, 0.1) is 12.3 Å². The highest BCUT2D eigenvalue weighted by Crippen LogP contribution is 2.38. The van der Waals surface area contributed by atoms with E-state index >= 15 is 0 Å². The van der Waals surface area contributed by atoms with E-state index in [-0.39, 0.29) is 17.0 Å². The largest absolute Gasteiger partial charge is 0.471 e. The molecule has 1 unspecified atom stereocenters. The summed E-state index contributed by atoms with van der Waals surface area (Å²) in [6.45, 7) is 0. The van der Waals surface area contributed by atoms with E-state index in [4.69, 9.17) is 0 Å². The number of nitrogens with zero attached hydrogens (tertiary/aromatic N) is 2. The van der Waals surface area contributed by atoms with Gasteiger partial charge in [0.2, 0.25) is 15.8 Å². The number of halogens is 4. The van der Waals surface area contributed by atoms with Crippen molar-refractivity contribution < 1.29 is 30.5 Å². The first kappa shape index (κ1) is 19.7. The van der Waals surface area contributed by atoms with Gasteiger partial charge in [-0.1, -0.05) is 30.1 Å². The zero-order chi connectivity index (χ0) is 19.8. The van der Waals surface area contributed by atoms with Crippen LogP contribution in [0.3, 0.4) is 0 Å². The number of alkyl halides is 3. The van der Waals surface area contributed by atoms with Crippen molar-refractivity contribution in [2.24, 2.45) is 5.92 Å². The maximum absolute atomic E-state index is 14.7. The molecule has 0 bridgehead atoms. The van der Waals surface area contributed by atoms with Crippen LogP contribution in [0.2, 0.25) is 0 Å². The Morgan fingerprint density at radius 2 is 1.93 bits per heavy atom. The number of aromatic nitrogens is 2. The van der Waals surface area contributed by atoms with Gasteiger partial charge in [0, 0.05) is 11.1 Å². The molecule has 0 amide bonds. The highest BCUT2D eigenvalue weighted by Gasteiger charge is 2.38. The second-order valence-electron chi connectivity index (χ2n) is 6.57. The molecule has 3 rings (SSSR count). The molecule has 0 radical (unpaired) electrons. The van der Waals surface area contributed by atoms with Crippen LogP contribution >= 0.6 is 0 Å². The Balaban J connectivity index is 1.93. The Hall–Kier alpha value is -2.01. The first-order valence-corrected chi connectivity index (χ1v) is 10.1. The second kappa shape index (κ2) is 7.19. The summed E-state index contributed by atoms with van der Waals surface area (Å²) >= 11 is 0. The lowest BCUT2D eigenvalue weighted by Gasteiger charge is -2.24. The summed E-state index contributed by atoms with van der Waals surface area (Å²) in [6, 6.07) is 2.92. The van der Waals surface area contributed by atoms with E-state index in [9.17, 15) is 26.0 Å². The summed E-state index contributed by atoms with van der Waals surface area (Å²) in [7, 11) is -3.58. The minimum atomic E-state index is -4.79. The van der Waals surface area contributed by atoms with Crippen LogP contribution < -0.4 is 4.72 Å². The third-order valence-electron chi connectivity index (χ3n) is 4.47. The van der Waals surface area contributed by atoms with E-state index in [1.807, 2.05) is 0 Å². The van der Waals surface area contributed by atoms with Gasteiger partial charge in [-0.15, -0.1) is 0 Å². The third kappa shape index (κ3) is 4.64. The van der Waals surface area contributed by atoms with Crippen LogP contribution in [0.25, 0.3) is 11.4 Å². The molecule has 11 heteroatoms. The topological polar surface area (TPSA) is 85.1 Å². The lowest BCUT2D eigenvalue weighted by Crippen LogP contribution is -2.32. The molecule has 27 heavy (non-hydrogen) atoms. The standard InChI is InChI=1S/C16H17F4N3O3S/c1-27(24,25)23-13(9-4-2-3-5-9)11-7-6-10(8-12(11)17)14-21-15(26-22-14)16(18,19)20/h6-9,13,23H,2-5H2,1H3. The van der Waals surface area contributed by atoms with Crippen molar-refractivity contribution in [3.63, 3.8) is 0 Å². The highest BCUT2D eigenvalue weighted by molar-refractivity contribution is 7.88. The summed E-state index contributed by atoms with van der Waals surface area (Å²) in [6.07, 6.45) is -0.428. The zero-order valence-electron chi connectivity index (χ0n) is 14.3. The molecule has 148 valence electrons. The molecular weight excluding hydrogens is 390 g/mol. The van der Waals surface area contributed by atoms with Crippen molar-refractivity contribution >= 4 is 10.0 Å². The van der Waals surface area contributed by atoms with Crippen LogP contribution in [-0.4, -0.2) is 24.8 Å². The predicted octanol–water partition coefficient (Wildman–Crippen LogP) is 3.68. The Morgan fingerprint density at radius 3 is 2.44 bits per heavy atom. The number of hydrogen-bond donors (Lipinski definition) is 1. The van der Waals surface area contributed by atoms with Gasteiger partial charge in [-0.2, -0.15) is 18.2 Å². The smallest absolute Gasteiger partial charge is 0.329 e. The molecule has 1 saturated carbocycles. The van der Waals surface area contributed by atoms with Crippen molar-refractivity contribution in [3.05, 3.63) is 35.5 Å². The zero-order valence-corrected chi connectivity index (χ0v) is 15.1. The molecule has 1 heterocycles. The van der Waals surface area contributed by atoms with E-state index in [0.717, 1.165) is 38.0 Å². The number of sulfonamides is 1. The number of hydrogen-bond acceptors (Lipinski definition) is 5. The normalized spacial score (nSPS) is 17.4. The summed E-state index contributed by atoms with van der Waals surface area (Å²) in [5, 5.41) is 3.22. The Morgan fingerprint density at radius 1 is 1.26 bits per heavy atom. The summed E-state index contributed by atoms with van der Waals surface area (Å²) in [5.74, 6) is -2.73. The third-order valence-corrected chi connectivity index (χ3v) is 5.16. The minimum Gasteiger partial charge on any atom is -0.329 e. The van der Waals surface area contributed by atoms with Gasteiger partial charge in [0.25, 0.3) is 0 Å². The SMILES string of the molecule is CS(=O)(=O)NC(c1ccc(-c2noc(C(F)(F)F)n2)cc1F)C1CCCC1. The van der Waals surface area contributed by atoms with Crippen LogP contribution in [0, 0.1) is 11.7 Å². The first-order chi connectivity index (χ1) is 12.5. The van der Waals surface area contributed by atoms with E-state index < -0.39 is 39.8 Å². The van der Waals surface area contributed by atoms with E-state index in [1.165, 1.54) is 12.1 Å². The fourth-order valence-electron chi connectivity index (χ4n) is 3.31. The van der Waals surface area contributed by atoms with Crippen LogP contribution in [0.4, 0.5) is 17.6 Å². The van der Waals surface area contributed by atoms with E-state index in [1.54, 1.807) is 0 Å². The van der Waals surface area contributed by atoms with Gasteiger partial charge in [-0.3, -0.25) is 0 Å². The van der Waals surface area contributed by atoms with Crippen LogP contribution in [-0.2, 0) is 16.2 Å². The minimum absolute atomic E-state index is 0.0000255. The second-order valence-corrected chi connectivity index (χ2v) is 8.35. The molecule has 1 aromatic carbocycles. The summed E-state index contributed by atoms with van der Waals surface area (Å²) in [4.78, 5) is 3.22. The van der Waals surface area contributed by atoms with Gasteiger partial charge < -0.3 is 4.52 Å². The van der Waals surface area contributed by atoms with Crippen LogP contribution in [0.15, 0.2) is 22.7 Å². The monoisotopic (exact) mass is 407 g/mol. The fourth-order valence-corrected chi connectivity index (χ4v) is 4.09. The number of rotatable bonds is 5. The van der Waals surface area contributed by atoms with Crippen molar-refractivity contribution in [2.75, 3.05) is 6.26 Å². The maximum atomic E-state index is 14.7. The lowest BCUT2D eigenvalue weighted by atomic mass is 9.91. The molecule has 1 aliphatic carbocycles. The van der Waals surface area contributed by atoms with Gasteiger partial charge >= 0.3 is 12.1 Å². The lowest BCUT2D eigenvalue weighted by molar-refractivity contribution is -0.159. The predicted molar refractivity (Wildman–Crippen MR) is 87.4 cm³/mol. The quantitative estimate of drug-likeness (QED) is 0.765. The van der Waals surface area contributed by atoms with Gasteiger partial charge in [0.15, 0.2) is 0 Å². The Bertz CT molecular complexity index is 921. The van der Waals surface area contributed by atoms with Gasteiger partial charge in [-0.25, -0.2) is 17.5 Å². The molecule has 0 aliphatic heterocycles. The average molecular weight is 407 g/mol. The number of benzene rings is 1. The molecule has 2 aromatic rings. The van der Waals surface area contributed by atoms with Gasteiger partial charge in [0.1, 0.15) is 5.82 Å². The molecule has 6 nitrogen and oxygen atoms in total. The van der Waals surface area contributed by atoms with E-state index in [2.05, 4.69) is 19.4 Å². The first-order valence-electron chi connectivity index (χ1n) is 8.22. The molecule has 1 aliphatic rings. The summed E-state index contributed by atoms with van der Waals surface area (Å²) in [5.41, 5.74) is 0.135. The Labute approximate surface area is 153 Å². The Kier molecular flexibility index (Phi) is 5.26. The van der Waals surface area contributed by atoms with Crippen molar-refractivity contribution in [3.8, 4) is 11.4 Å². The molecular formula is C16H17F4N3O3S. The van der Waals surface area contributed by atoms with E-state index in [0.29, 0.717) is 0 Å². The molecule has 1 fully saturated rings. The fraction of sp³-hybridized carbons (Fsp3) is 0.500.